The first kappa shape index (κ1) is 34.7. The molecule has 2 saturated heterocycles. The molecule has 5 N–H and O–H groups in total. The van der Waals surface area contributed by atoms with Gasteiger partial charge in [0.2, 0.25) is 0 Å². The Morgan fingerprint density at radius 2 is 1.70 bits per heavy atom. The van der Waals surface area contributed by atoms with Crippen LogP contribution in [-0.4, -0.2) is 99.9 Å². The molecule has 2 aromatic rings. The number of benzene rings is 1. The summed E-state index contributed by atoms with van der Waals surface area (Å²) in [6.07, 6.45) is 6.48. The normalized spacial score (nSPS) is 21.7. The number of aryl methyl sites for hydroxylation is 2. The predicted octanol–water partition coefficient (Wildman–Crippen LogP) is 4.82. The first-order chi connectivity index (χ1) is 22.4. The number of hydrogen-bond donors (Lipinski definition) is 4. The summed E-state index contributed by atoms with van der Waals surface area (Å²) in [7, 11) is 0. The maximum Gasteiger partial charge on any atom is 0.410 e. The van der Waals surface area contributed by atoms with Crippen molar-refractivity contribution in [3.63, 3.8) is 0 Å². The number of carbonyl (C=O) groups is 2. The lowest BCUT2D eigenvalue weighted by molar-refractivity contribution is 0.0254. The van der Waals surface area contributed by atoms with E-state index in [9.17, 15) is 14.7 Å². The number of piperidine rings is 1. The highest BCUT2D eigenvalue weighted by atomic mass is 16.6. The van der Waals surface area contributed by atoms with Crippen molar-refractivity contribution in [2.45, 2.75) is 110 Å². The van der Waals surface area contributed by atoms with Crippen LogP contribution in [0.1, 0.15) is 94.4 Å². The average molecular weight is 651 g/mol. The highest BCUT2D eigenvalue weighted by Gasteiger charge is 2.30. The fraction of sp³-hybridized carbons (Fsp3) is 0.657. The number of rotatable bonds is 8. The van der Waals surface area contributed by atoms with Gasteiger partial charge >= 0.3 is 6.09 Å². The van der Waals surface area contributed by atoms with Gasteiger partial charge in [0.15, 0.2) is 11.5 Å². The topological polar surface area (TPSA) is 149 Å². The summed E-state index contributed by atoms with van der Waals surface area (Å²) < 4.78 is 5.61. The molecule has 0 bridgehead atoms. The van der Waals surface area contributed by atoms with Gasteiger partial charge in [0, 0.05) is 62.7 Å². The summed E-state index contributed by atoms with van der Waals surface area (Å²) in [4.78, 5) is 41.3. The van der Waals surface area contributed by atoms with Gasteiger partial charge in [0.1, 0.15) is 11.4 Å². The fourth-order valence-corrected chi connectivity index (χ4v) is 7.01. The lowest BCUT2D eigenvalue weighted by Gasteiger charge is -2.39. The van der Waals surface area contributed by atoms with E-state index in [4.69, 9.17) is 15.5 Å². The summed E-state index contributed by atoms with van der Waals surface area (Å²) in [6.45, 7) is 15.1. The highest BCUT2D eigenvalue weighted by molar-refractivity contribution is 5.96. The molecule has 5 rings (SSSR count). The van der Waals surface area contributed by atoms with E-state index in [1.165, 1.54) is 5.69 Å². The van der Waals surface area contributed by atoms with Crippen molar-refractivity contribution in [1.29, 1.82) is 0 Å². The number of primary amides is 1. The van der Waals surface area contributed by atoms with E-state index in [2.05, 4.69) is 44.5 Å². The molecule has 12 nitrogen and oxygen atoms in total. The maximum absolute atomic E-state index is 12.6. The first-order valence-corrected chi connectivity index (χ1v) is 17.4. The zero-order valence-corrected chi connectivity index (χ0v) is 28.8. The van der Waals surface area contributed by atoms with E-state index in [0.717, 1.165) is 88.9 Å². The third kappa shape index (κ3) is 9.04. The van der Waals surface area contributed by atoms with Crippen molar-refractivity contribution in [1.82, 2.24) is 19.8 Å². The Kier molecular flexibility index (Phi) is 11.1. The van der Waals surface area contributed by atoms with E-state index >= 15 is 0 Å². The number of nitrogens with zero attached hydrogens (tertiary/aromatic N) is 5. The molecule has 2 aliphatic heterocycles. The van der Waals surface area contributed by atoms with Gasteiger partial charge in [0.05, 0.1) is 11.8 Å². The Morgan fingerprint density at radius 1 is 0.979 bits per heavy atom. The molecule has 3 heterocycles. The maximum atomic E-state index is 12.6. The van der Waals surface area contributed by atoms with Gasteiger partial charge in [-0.05, 0) is 103 Å². The van der Waals surface area contributed by atoms with Crippen molar-refractivity contribution in [3.8, 4) is 0 Å². The molecule has 0 atom stereocenters. The van der Waals surface area contributed by atoms with Crippen LogP contribution < -0.4 is 21.3 Å². The second-order valence-corrected chi connectivity index (χ2v) is 14.3. The number of carbonyl (C=O) groups excluding carboxylic acids is 2. The SMILES string of the molecule is CCc1nc(C(N)=O)c(Nc2ccc(N3CCC(N4CCCN(C(=O)OC(C)(C)C)CC4)CC3)c(C)c2)nc1N[C@H]1CC[C@H](O)CC1. The molecule has 1 aliphatic carbocycles. The number of anilines is 4. The molecule has 1 aromatic carbocycles. The average Bonchev–Trinajstić information content (AvgIpc) is 3.28. The molecule has 1 aromatic heterocycles. The number of nitrogens with two attached hydrogens (primary N) is 1. The van der Waals surface area contributed by atoms with Gasteiger partial charge in [-0.25, -0.2) is 14.8 Å². The minimum atomic E-state index is -0.625. The van der Waals surface area contributed by atoms with Crippen molar-refractivity contribution in [3.05, 3.63) is 35.2 Å². The summed E-state index contributed by atoms with van der Waals surface area (Å²) in [5.74, 6) is 0.364. The van der Waals surface area contributed by atoms with Gasteiger partial charge in [-0.3, -0.25) is 9.69 Å². The van der Waals surface area contributed by atoms with Gasteiger partial charge in [-0.15, -0.1) is 0 Å². The van der Waals surface area contributed by atoms with Crippen LogP contribution in [0.3, 0.4) is 0 Å². The zero-order valence-electron chi connectivity index (χ0n) is 28.8. The Bertz CT molecular complexity index is 1400. The molecule has 1 saturated carbocycles. The lowest BCUT2D eigenvalue weighted by Crippen LogP contribution is -2.46. The molecule has 0 spiro atoms. The van der Waals surface area contributed by atoms with Crippen molar-refractivity contribution in [2.75, 3.05) is 54.8 Å². The Hall–Kier alpha value is -3.64. The number of hydrogen-bond acceptors (Lipinski definition) is 10. The van der Waals surface area contributed by atoms with Crippen LogP contribution in [0.5, 0.6) is 0 Å². The summed E-state index contributed by atoms with van der Waals surface area (Å²) in [5.41, 5.74) is 9.23. The molecule has 47 heavy (non-hydrogen) atoms. The molecule has 0 unspecified atom stereocenters. The first-order valence-electron chi connectivity index (χ1n) is 17.4. The Balaban J connectivity index is 1.21. The number of aliphatic hydroxyl groups excluding tert-OH is 1. The van der Waals surface area contributed by atoms with Gasteiger partial charge < -0.3 is 36.0 Å². The number of aliphatic hydroxyl groups is 1. The standard InChI is InChI=1S/C35H54N8O4/c1-6-28-32(37-24-8-11-27(44)12-9-24)40-33(30(39-28)31(36)45)38-25-10-13-29(23(2)22-25)42-18-14-26(15-19-42)41-16-7-17-43(21-20-41)34(46)47-35(3,4)5/h10,13,22,24,26-27,44H,6-9,11-12,14-21H2,1-5H3,(H2,36,45)(H2,37,38,40)/t24-,27-. The van der Waals surface area contributed by atoms with Crippen LogP contribution in [0.15, 0.2) is 18.2 Å². The summed E-state index contributed by atoms with van der Waals surface area (Å²) in [5, 5.41) is 16.7. The number of nitrogens with one attached hydrogen (secondary N) is 2. The van der Waals surface area contributed by atoms with Crippen molar-refractivity contribution >= 4 is 35.0 Å². The predicted molar refractivity (Wildman–Crippen MR) is 186 cm³/mol. The van der Waals surface area contributed by atoms with Crippen molar-refractivity contribution in [2.24, 2.45) is 5.73 Å². The molecule has 2 amide bonds. The number of ether oxygens (including phenoxy) is 1. The zero-order chi connectivity index (χ0) is 33.7. The van der Waals surface area contributed by atoms with Gasteiger partial charge in [-0.2, -0.15) is 0 Å². The molecule has 12 heteroatoms. The van der Waals surface area contributed by atoms with E-state index in [0.29, 0.717) is 36.3 Å². The molecule has 0 radical (unpaired) electrons. The van der Waals surface area contributed by atoms with Crippen LogP contribution in [-0.2, 0) is 11.2 Å². The molecule has 3 fully saturated rings. The third-order valence-electron chi connectivity index (χ3n) is 9.54. The van der Waals surface area contributed by atoms with Crippen molar-refractivity contribution < 1.29 is 19.4 Å². The fourth-order valence-electron chi connectivity index (χ4n) is 7.01. The van der Waals surface area contributed by atoms with Crippen LogP contribution >= 0.6 is 0 Å². The summed E-state index contributed by atoms with van der Waals surface area (Å²) >= 11 is 0. The number of amides is 2. The quantitative estimate of drug-likeness (QED) is 0.313. The monoisotopic (exact) mass is 650 g/mol. The van der Waals surface area contributed by atoms with E-state index in [1.807, 2.05) is 38.7 Å². The van der Waals surface area contributed by atoms with Gasteiger partial charge in [-0.1, -0.05) is 6.92 Å². The minimum Gasteiger partial charge on any atom is -0.444 e. The number of aromatic nitrogens is 2. The van der Waals surface area contributed by atoms with Crippen LogP contribution in [0.4, 0.5) is 27.8 Å². The van der Waals surface area contributed by atoms with E-state index < -0.39 is 11.5 Å². The van der Waals surface area contributed by atoms with E-state index in [1.54, 1.807) is 0 Å². The summed E-state index contributed by atoms with van der Waals surface area (Å²) in [6, 6.07) is 6.93. The second-order valence-electron chi connectivity index (χ2n) is 14.3. The van der Waals surface area contributed by atoms with E-state index in [-0.39, 0.29) is 23.9 Å². The molecular weight excluding hydrogens is 596 g/mol. The van der Waals surface area contributed by atoms with Crippen LogP contribution in [0.2, 0.25) is 0 Å². The van der Waals surface area contributed by atoms with Gasteiger partial charge in [0.25, 0.3) is 5.91 Å². The highest BCUT2D eigenvalue weighted by Crippen LogP contribution is 2.31. The third-order valence-corrected chi connectivity index (χ3v) is 9.54. The van der Waals surface area contributed by atoms with Crippen LogP contribution in [0.25, 0.3) is 0 Å². The lowest BCUT2D eigenvalue weighted by atomic mass is 9.93. The van der Waals surface area contributed by atoms with Crippen LogP contribution in [0, 0.1) is 6.92 Å². The smallest absolute Gasteiger partial charge is 0.410 e. The molecule has 258 valence electrons. The Morgan fingerprint density at radius 3 is 2.34 bits per heavy atom. The molecule has 3 aliphatic rings. The molecular formula is C35H54N8O4. The largest absolute Gasteiger partial charge is 0.444 e. The Labute approximate surface area is 279 Å². The second kappa shape index (κ2) is 15.1. The minimum absolute atomic E-state index is 0.123.